The minimum atomic E-state index is -0.556. The van der Waals surface area contributed by atoms with E-state index in [-0.39, 0.29) is 11.9 Å². The summed E-state index contributed by atoms with van der Waals surface area (Å²) in [5.74, 6) is 2.04. The molecule has 0 saturated heterocycles. The monoisotopic (exact) mass is 393 g/mol. The molecule has 5 nitrogen and oxygen atoms in total. The van der Waals surface area contributed by atoms with Gasteiger partial charge in [-0.1, -0.05) is 37.3 Å². The van der Waals surface area contributed by atoms with Crippen molar-refractivity contribution in [1.82, 2.24) is 5.32 Å². The van der Waals surface area contributed by atoms with E-state index >= 15 is 0 Å². The summed E-state index contributed by atoms with van der Waals surface area (Å²) in [6.45, 7) is 4.21. The van der Waals surface area contributed by atoms with Gasteiger partial charge in [0, 0.05) is 0 Å². The van der Waals surface area contributed by atoms with Gasteiger partial charge in [0.1, 0.15) is 23.9 Å². The molecule has 0 bridgehead atoms. The fourth-order valence-corrected chi connectivity index (χ4v) is 3.00. The highest BCUT2D eigenvalue weighted by molar-refractivity contribution is 5.84. The number of carbonyl (C=O) groups is 1. The minimum absolute atomic E-state index is 0.147. The number of hydrogen-bond donors (Lipinski definition) is 1. The van der Waals surface area contributed by atoms with Crippen LogP contribution < -0.4 is 19.5 Å². The van der Waals surface area contributed by atoms with Crippen molar-refractivity contribution in [1.29, 1.82) is 0 Å². The van der Waals surface area contributed by atoms with Crippen LogP contribution in [0.3, 0.4) is 0 Å². The summed E-state index contributed by atoms with van der Waals surface area (Å²) in [5.41, 5.74) is 0. The number of carbonyl (C=O) groups excluding carboxylic acids is 1. The molecule has 0 aliphatic heterocycles. The van der Waals surface area contributed by atoms with Gasteiger partial charge in [-0.15, -0.1) is 0 Å². The van der Waals surface area contributed by atoms with Crippen molar-refractivity contribution >= 4 is 16.7 Å². The van der Waals surface area contributed by atoms with Gasteiger partial charge in [0.2, 0.25) is 0 Å². The van der Waals surface area contributed by atoms with E-state index in [0.717, 1.165) is 22.3 Å². The molecule has 0 unspecified atom stereocenters. The second-order valence-corrected chi connectivity index (χ2v) is 6.92. The second kappa shape index (κ2) is 9.82. The molecule has 0 aliphatic carbocycles. The van der Waals surface area contributed by atoms with Gasteiger partial charge in [-0.3, -0.25) is 4.79 Å². The number of benzene rings is 3. The van der Waals surface area contributed by atoms with Crippen LogP contribution in [0.15, 0.2) is 66.7 Å². The van der Waals surface area contributed by atoms with Crippen molar-refractivity contribution in [2.75, 3.05) is 13.7 Å². The molecule has 0 aliphatic rings. The molecule has 1 N–H and O–H groups in total. The van der Waals surface area contributed by atoms with E-state index in [1.54, 1.807) is 7.11 Å². The average molecular weight is 393 g/mol. The highest BCUT2D eigenvalue weighted by atomic mass is 16.5. The van der Waals surface area contributed by atoms with Crippen molar-refractivity contribution in [3.63, 3.8) is 0 Å². The lowest BCUT2D eigenvalue weighted by atomic mass is 10.1. The topological polar surface area (TPSA) is 56.8 Å². The number of fused-ring (bicyclic) bond motifs is 1. The van der Waals surface area contributed by atoms with Gasteiger partial charge in [-0.2, -0.15) is 0 Å². The molecular formula is C24H27NO4. The standard InChI is InChI=1S/C24H27NO4/c1-4-23(29-22-10-9-18-7-5-6-8-19(18)15-22)24(26)25-17(2)16-28-21-13-11-20(27-3)12-14-21/h5-15,17,23H,4,16H2,1-3H3,(H,25,26)/t17-,23+/m0/s1. The molecule has 0 heterocycles. The van der Waals surface area contributed by atoms with E-state index < -0.39 is 6.10 Å². The first-order valence-electron chi connectivity index (χ1n) is 9.81. The first-order valence-corrected chi connectivity index (χ1v) is 9.81. The lowest BCUT2D eigenvalue weighted by molar-refractivity contribution is -0.128. The molecule has 0 saturated carbocycles. The second-order valence-electron chi connectivity index (χ2n) is 6.92. The maximum absolute atomic E-state index is 12.6. The Morgan fingerprint density at radius 1 is 0.931 bits per heavy atom. The smallest absolute Gasteiger partial charge is 0.261 e. The predicted molar refractivity (Wildman–Crippen MR) is 115 cm³/mol. The van der Waals surface area contributed by atoms with Crippen LogP contribution in [0.1, 0.15) is 20.3 Å². The molecule has 3 aromatic rings. The van der Waals surface area contributed by atoms with Crippen molar-refractivity contribution < 1.29 is 19.0 Å². The Morgan fingerprint density at radius 2 is 1.59 bits per heavy atom. The molecule has 3 aromatic carbocycles. The fraction of sp³-hybridized carbons (Fsp3) is 0.292. The Hall–Kier alpha value is -3.21. The third kappa shape index (κ3) is 5.64. The summed E-state index contributed by atoms with van der Waals surface area (Å²) >= 11 is 0. The van der Waals surface area contributed by atoms with Gasteiger partial charge in [0.05, 0.1) is 13.2 Å². The zero-order valence-electron chi connectivity index (χ0n) is 17.1. The van der Waals surface area contributed by atoms with Crippen molar-refractivity contribution in [2.45, 2.75) is 32.4 Å². The van der Waals surface area contributed by atoms with E-state index in [4.69, 9.17) is 14.2 Å². The van der Waals surface area contributed by atoms with E-state index in [2.05, 4.69) is 5.32 Å². The number of nitrogens with one attached hydrogen (secondary N) is 1. The van der Waals surface area contributed by atoms with Crippen molar-refractivity contribution in [3.05, 3.63) is 66.7 Å². The van der Waals surface area contributed by atoms with Crippen molar-refractivity contribution in [2.24, 2.45) is 0 Å². The first kappa shape index (κ1) is 20.5. The SMILES string of the molecule is CC[C@@H](Oc1ccc2ccccc2c1)C(=O)N[C@@H](C)COc1ccc(OC)cc1. The van der Waals surface area contributed by atoms with Gasteiger partial charge in [0.25, 0.3) is 5.91 Å². The van der Waals surface area contributed by atoms with Gasteiger partial charge >= 0.3 is 0 Å². The van der Waals surface area contributed by atoms with Crippen LogP contribution in [-0.2, 0) is 4.79 Å². The Balaban J connectivity index is 1.53. The molecular weight excluding hydrogens is 366 g/mol. The molecule has 0 fully saturated rings. The Bertz CT molecular complexity index is 939. The van der Waals surface area contributed by atoms with Crippen LogP contribution in [0.5, 0.6) is 17.2 Å². The number of amides is 1. The van der Waals surface area contributed by atoms with Crippen LogP contribution in [0, 0.1) is 0 Å². The third-order valence-corrected chi connectivity index (χ3v) is 4.61. The summed E-state index contributed by atoms with van der Waals surface area (Å²) in [4.78, 5) is 12.6. The van der Waals surface area contributed by atoms with Crippen molar-refractivity contribution in [3.8, 4) is 17.2 Å². The molecule has 0 spiro atoms. The Kier molecular flexibility index (Phi) is 6.95. The normalized spacial score (nSPS) is 12.8. The minimum Gasteiger partial charge on any atom is -0.497 e. The van der Waals surface area contributed by atoms with Crippen LogP contribution in [-0.4, -0.2) is 31.8 Å². The molecule has 29 heavy (non-hydrogen) atoms. The first-order chi connectivity index (χ1) is 14.1. The number of ether oxygens (including phenoxy) is 3. The summed E-state index contributed by atoms with van der Waals surface area (Å²) in [6, 6.07) is 21.1. The Morgan fingerprint density at radius 3 is 2.28 bits per heavy atom. The van der Waals surface area contributed by atoms with E-state index in [1.165, 1.54) is 0 Å². The van der Waals surface area contributed by atoms with Gasteiger partial charge in [0.15, 0.2) is 6.10 Å². The van der Waals surface area contributed by atoms with E-state index in [0.29, 0.717) is 18.8 Å². The highest BCUT2D eigenvalue weighted by Gasteiger charge is 2.20. The molecule has 1 amide bonds. The van der Waals surface area contributed by atoms with Gasteiger partial charge in [-0.25, -0.2) is 0 Å². The zero-order chi connectivity index (χ0) is 20.6. The highest BCUT2D eigenvalue weighted by Crippen LogP contribution is 2.22. The molecule has 2 atom stereocenters. The number of rotatable bonds is 9. The summed E-state index contributed by atoms with van der Waals surface area (Å²) in [7, 11) is 1.62. The average Bonchev–Trinajstić information content (AvgIpc) is 2.76. The molecule has 152 valence electrons. The number of hydrogen-bond acceptors (Lipinski definition) is 4. The molecule has 0 radical (unpaired) electrons. The van der Waals surface area contributed by atoms with Crippen LogP contribution in [0.4, 0.5) is 0 Å². The fourth-order valence-electron chi connectivity index (χ4n) is 3.00. The van der Waals surface area contributed by atoms with Gasteiger partial charge < -0.3 is 19.5 Å². The quantitative estimate of drug-likeness (QED) is 0.578. The zero-order valence-corrected chi connectivity index (χ0v) is 17.1. The lowest BCUT2D eigenvalue weighted by Crippen LogP contribution is -2.44. The largest absolute Gasteiger partial charge is 0.497 e. The van der Waals surface area contributed by atoms with Gasteiger partial charge in [-0.05, 0) is 60.5 Å². The van der Waals surface area contributed by atoms with E-state index in [9.17, 15) is 4.79 Å². The molecule has 0 aromatic heterocycles. The summed E-state index contributed by atoms with van der Waals surface area (Å²) in [6.07, 6.45) is 0.0182. The van der Waals surface area contributed by atoms with E-state index in [1.807, 2.05) is 80.6 Å². The van der Waals surface area contributed by atoms with Crippen LogP contribution >= 0.6 is 0 Å². The lowest BCUT2D eigenvalue weighted by Gasteiger charge is -2.21. The summed E-state index contributed by atoms with van der Waals surface area (Å²) in [5, 5.41) is 5.19. The van der Waals surface area contributed by atoms with Crippen LogP contribution in [0.25, 0.3) is 10.8 Å². The number of methoxy groups -OCH3 is 1. The molecule has 3 rings (SSSR count). The third-order valence-electron chi connectivity index (χ3n) is 4.61. The Labute approximate surface area is 171 Å². The predicted octanol–water partition coefficient (Wildman–Crippen LogP) is 4.59. The molecule has 5 heteroatoms. The van der Waals surface area contributed by atoms with Crippen LogP contribution in [0.2, 0.25) is 0 Å². The summed E-state index contributed by atoms with van der Waals surface area (Å²) < 4.78 is 16.8. The maximum Gasteiger partial charge on any atom is 0.261 e. The maximum atomic E-state index is 12.6.